The van der Waals surface area contributed by atoms with E-state index in [4.69, 9.17) is 9.47 Å². The summed E-state index contributed by atoms with van der Waals surface area (Å²) in [6.45, 7) is -0.683. The van der Waals surface area contributed by atoms with E-state index in [0.29, 0.717) is 26.3 Å². The number of hydrogen-bond acceptors (Lipinski definition) is 9. The van der Waals surface area contributed by atoms with Crippen molar-refractivity contribution in [1.82, 2.24) is 4.90 Å². The zero-order valence-electron chi connectivity index (χ0n) is 19.0. The second-order valence-electron chi connectivity index (χ2n) is 6.95. The van der Waals surface area contributed by atoms with E-state index in [9.17, 15) is 19.2 Å². The number of benzene rings is 2. The molecule has 0 saturated carbocycles. The number of imide groups is 1. The van der Waals surface area contributed by atoms with E-state index < -0.39 is 29.6 Å². The third-order valence-electron chi connectivity index (χ3n) is 4.64. The molecule has 0 unspecified atom stereocenters. The van der Waals surface area contributed by atoms with E-state index in [1.54, 1.807) is 24.3 Å². The number of carbonyl (C=O) groups excluding carboxylic acids is 4. The zero-order chi connectivity index (χ0) is 25.5. The summed E-state index contributed by atoms with van der Waals surface area (Å²) in [5.41, 5.74) is 1.17. The summed E-state index contributed by atoms with van der Waals surface area (Å²) in [5, 5.41) is 2.18. The molecule has 1 heterocycles. The van der Waals surface area contributed by atoms with Crippen LogP contribution >= 0.6 is 46.1 Å². The number of thioether (sulfide) groups is 2. The Kier molecular flexibility index (Phi) is 9.46. The number of esters is 1. The Morgan fingerprint density at radius 1 is 1.20 bits per heavy atom. The van der Waals surface area contributed by atoms with Crippen molar-refractivity contribution in [2.75, 3.05) is 38.9 Å². The topological polar surface area (TPSA) is 111 Å². The number of rotatable bonds is 9. The van der Waals surface area contributed by atoms with Gasteiger partial charge in [0, 0.05) is 10.6 Å². The van der Waals surface area contributed by atoms with Crippen molar-refractivity contribution in [3.8, 4) is 11.5 Å². The molecule has 2 aromatic carbocycles. The molecule has 2 aromatic rings. The maximum absolute atomic E-state index is 12.8. The molecule has 3 amide bonds. The van der Waals surface area contributed by atoms with Gasteiger partial charge >= 0.3 is 5.97 Å². The Hall–Kier alpha value is -2.71. The van der Waals surface area contributed by atoms with E-state index >= 15 is 0 Å². The second kappa shape index (κ2) is 12.3. The SMILES string of the molecule is COC(=O)COc1c(I)cc(/C=C2\SC(=O)N(CC(=O)Nc3cccc(SC)c3)C2=O)cc1OC. The molecule has 0 radical (unpaired) electrons. The van der Waals surface area contributed by atoms with Gasteiger partial charge in [0.2, 0.25) is 5.91 Å². The minimum absolute atomic E-state index is 0.174. The summed E-state index contributed by atoms with van der Waals surface area (Å²) >= 11 is 4.30. The summed E-state index contributed by atoms with van der Waals surface area (Å²) in [6, 6.07) is 10.6. The molecule has 0 spiro atoms. The Balaban J connectivity index is 1.73. The maximum atomic E-state index is 12.8. The quantitative estimate of drug-likeness (QED) is 0.189. The highest BCUT2D eigenvalue weighted by Crippen LogP contribution is 2.37. The molecule has 1 N–H and O–H groups in total. The number of anilines is 1. The van der Waals surface area contributed by atoms with Crippen molar-refractivity contribution >= 4 is 80.9 Å². The number of nitrogens with zero attached hydrogens (tertiary/aromatic N) is 1. The molecular formula is C23H21IN2O7S2. The van der Waals surface area contributed by atoms with Gasteiger partial charge in [-0.2, -0.15) is 0 Å². The highest BCUT2D eigenvalue weighted by Gasteiger charge is 2.36. The Morgan fingerprint density at radius 2 is 1.97 bits per heavy atom. The van der Waals surface area contributed by atoms with Gasteiger partial charge in [0.25, 0.3) is 11.1 Å². The van der Waals surface area contributed by atoms with Gasteiger partial charge in [-0.3, -0.25) is 19.3 Å². The van der Waals surface area contributed by atoms with Crippen LogP contribution in [0.4, 0.5) is 10.5 Å². The minimum Gasteiger partial charge on any atom is -0.493 e. The van der Waals surface area contributed by atoms with Gasteiger partial charge in [-0.25, -0.2) is 4.79 Å². The molecule has 35 heavy (non-hydrogen) atoms. The predicted octanol–water partition coefficient (Wildman–Crippen LogP) is 4.25. The van der Waals surface area contributed by atoms with Crippen LogP contribution in [0.1, 0.15) is 5.56 Å². The van der Waals surface area contributed by atoms with E-state index in [2.05, 4.69) is 10.1 Å². The minimum atomic E-state index is -0.562. The Labute approximate surface area is 224 Å². The summed E-state index contributed by atoms with van der Waals surface area (Å²) in [5.74, 6) is -0.881. The van der Waals surface area contributed by atoms with Crippen LogP contribution < -0.4 is 14.8 Å². The Morgan fingerprint density at radius 3 is 2.66 bits per heavy atom. The molecule has 0 bridgehead atoms. The number of carbonyl (C=O) groups is 4. The van der Waals surface area contributed by atoms with Gasteiger partial charge in [-0.05, 0) is 82.6 Å². The monoisotopic (exact) mass is 628 g/mol. The summed E-state index contributed by atoms with van der Waals surface area (Å²) in [6.07, 6.45) is 3.46. The van der Waals surface area contributed by atoms with Crippen molar-refractivity contribution in [3.05, 3.63) is 50.4 Å². The van der Waals surface area contributed by atoms with E-state index in [-0.39, 0.29) is 11.5 Å². The third kappa shape index (κ3) is 6.92. The standard InChI is InChI=1S/C23H21IN2O7S2/c1-31-17-8-13(7-16(24)21(17)33-12-20(28)32-2)9-18-22(29)26(23(30)35-18)11-19(27)25-14-5-4-6-15(10-14)34-3/h4-10H,11-12H2,1-3H3,(H,25,27)/b18-9-. The average Bonchev–Trinajstić information content (AvgIpc) is 3.09. The molecule has 1 fully saturated rings. The fraction of sp³-hybridized carbons (Fsp3) is 0.217. The normalized spacial score (nSPS) is 14.3. The molecule has 0 atom stereocenters. The number of hydrogen-bond donors (Lipinski definition) is 1. The summed E-state index contributed by atoms with van der Waals surface area (Å²) < 4.78 is 16.1. The number of halogens is 1. The lowest BCUT2D eigenvalue weighted by Gasteiger charge is -2.13. The molecular weight excluding hydrogens is 607 g/mol. The van der Waals surface area contributed by atoms with E-state index in [1.165, 1.54) is 26.0 Å². The predicted molar refractivity (Wildman–Crippen MR) is 143 cm³/mol. The van der Waals surface area contributed by atoms with E-state index in [1.807, 2.05) is 47.0 Å². The lowest BCUT2D eigenvalue weighted by atomic mass is 10.2. The van der Waals surface area contributed by atoms with Gasteiger partial charge in [0.1, 0.15) is 6.54 Å². The molecule has 1 saturated heterocycles. The van der Waals surface area contributed by atoms with Gasteiger partial charge in [-0.15, -0.1) is 11.8 Å². The van der Waals surface area contributed by atoms with Crippen LogP contribution in [0.15, 0.2) is 46.2 Å². The van der Waals surface area contributed by atoms with Crippen molar-refractivity contribution in [1.29, 1.82) is 0 Å². The molecule has 184 valence electrons. The van der Waals surface area contributed by atoms with Gasteiger partial charge < -0.3 is 19.5 Å². The van der Waals surface area contributed by atoms with Crippen LogP contribution in [-0.4, -0.2) is 61.5 Å². The first-order valence-electron chi connectivity index (χ1n) is 10.0. The number of nitrogens with one attached hydrogen (secondary N) is 1. The first kappa shape index (κ1) is 26.9. The zero-order valence-corrected chi connectivity index (χ0v) is 22.7. The Bertz CT molecular complexity index is 1200. The fourth-order valence-corrected chi connectivity index (χ4v) is 5.06. The van der Waals surface area contributed by atoms with Crippen LogP contribution in [0.5, 0.6) is 11.5 Å². The van der Waals surface area contributed by atoms with Crippen LogP contribution in [-0.2, 0) is 19.1 Å². The maximum Gasteiger partial charge on any atom is 0.343 e. The molecule has 3 rings (SSSR count). The van der Waals surface area contributed by atoms with Crippen LogP contribution in [0.2, 0.25) is 0 Å². The van der Waals surface area contributed by atoms with E-state index in [0.717, 1.165) is 21.6 Å². The van der Waals surface area contributed by atoms with Crippen molar-refractivity contribution in [2.24, 2.45) is 0 Å². The van der Waals surface area contributed by atoms with Crippen LogP contribution in [0, 0.1) is 3.57 Å². The molecule has 0 aromatic heterocycles. The largest absolute Gasteiger partial charge is 0.493 e. The van der Waals surface area contributed by atoms with Crippen molar-refractivity contribution in [2.45, 2.75) is 4.90 Å². The molecule has 9 nitrogen and oxygen atoms in total. The van der Waals surface area contributed by atoms with Crippen LogP contribution in [0.3, 0.4) is 0 Å². The van der Waals surface area contributed by atoms with Gasteiger partial charge in [0.05, 0.1) is 22.7 Å². The smallest absolute Gasteiger partial charge is 0.343 e. The highest BCUT2D eigenvalue weighted by atomic mass is 127. The van der Waals surface area contributed by atoms with Gasteiger partial charge in [0.15, 0.2) is 18.1 Å². The lowest BCUT2D eigenvalue weighted by Crippen LogP contribution is -2.36. The molecule has 0 aliphatic carbocycles. The molecule has 12 heteroatoms. The summed E-state index contributed by atoms with van der Waals surface area (Å²) in [7, 11) is 2.71. The number of methoxy groups -OCH3 is 2. The first-order chi connectivity index (χ1) is 16.7. The lowest BCUT2D eigenvalue weighted by molar-refractivity contribution is -0.143. The van der Waals surface area contributed by atoms with Gasteiger partial charge in [-0.1, -0.05) is 6.07 Å². The molecule has 1 aliphatic rings. The third-order valence-corrected chi connectivity index (χ3v) is 7.07. The van der Waals surface area contributed by atoms with Crippen molar-refractivity contribution in [3.63, 3.8) is 0 Å². The average molecular weight is 628 g/mol. The second-order valence-corrected chi connectivity index (χ2v) is 9.98. The first-order valence-corrected chi connectivity index (χ1v) is 13.1. The van der Waals surface area contributed by atoms with Crippen molar-refractivity contribution < 1.29 is 33.4 Å². The van der Waals surface area contributed by atoms with Crippen LogP contribution in [0.25, 0.3) is 6.08 Å². The summed E-state index contributed by atoms with van der Waals surface area (Å²) in [4.78, 5) is 51.2. The molecule has 1 aliphatic heterocycles. The number of ether oxygens (including phenoxy) is 3. The number of amides is 3. The highest BCUT2D eigenvalue weighted by molar-refractivity contribution is 14.1. The fourth-order valence-electron chi connectivity index (χ4n) is 2.99.